The minimum Gasteiger partial charge on any atom is -0.480 e. The summed E-state index contributed by atoms with van der Waals surface area (Å²) in [7, 11) is 0. The van der Waals surface area contributed by atoms with Crippen molar-refractivity contribution < 1.29 is 19.1 Å². The summed E-state index contributed by atoms with van der Waals surface area (Å²) in [6, 6.07) is 11.9. The van der Waals surface area contributed by atoms with Crippen LogP contribution in [0.15, 0.2) is 42.5 Å². The molecule has 41 heavy (non-hydrogen) atoms. The molecule has 1 fully saturated rings. The van der Waals surface area contributed by atoms with Crippen molar-refractivity contribution in [3.05, 3.63) is 70.7 Å². The van der Waals surface area contributed by atoms with E-state index in [2.05, 4.69) is 21.8 Å². The highest BCUT2D eigenvalue weighted by molar-refractivity contribution is 5.97. The Morgan fingerprint density at radius 3 is 2.83 bits per heavy atom. The maximum absolute atomic E-state index is 15.9. The lowest BCUT2D eigenvalue weighted by Gasteiger charge is -2.38. The second-order valence-electron chi connectivity index (χ2n) is 11.4. The number of pyridine rings is 1. The highest BCUT2D eigenvalue weighted by Crippen LogP contribution is 2.31. The van der Waals surface area contributed by atoms with Gasteiger partial charge in [0.05, 0.1) is 11.4 Å². The molecule has 0 bridgehead atoms. The van der Waals surface area contributed by atoms with Crippen molar-refractivity contribution in [2.45, 2.75) is 70.5 Å². The molecule has 1 amide bonds. The number of carboxylic acid groups (broad SMARTS) is 1. The number of carboxylic acids is 1. The fourth-order valence-corrected chi connectivity index (χ4v) is 5.91. The number of carbonyl (C=O) groups excluding carboxylic acids is 1. The van der Waals surface area contributed by atoms with Gasteiger partial charge in [-0.25, -0.2) is 18.9 Å². The zero-order chi connectivity index (χ0) is 29.0. The average Bonchev–Trinajstić information content (AvgIpc) is 3.31. The van der Waals surface area contributed by atoms with E-state index in [0.29, 0.717) is 44.3 Å². The molecule has 0 spiro atoms. The number of anilines is 1. The van der Waals surface area contributed by atoms with Gasteiger partial charge in [-0.15, -0.1) is 0 Å². The number of amides is 1. The standard InChI is InChI=1S/C31H39FN6O3/c1-21-18-22(2)38(36-21)26-8-3-6-24(19-26)29(39)35-27(30(40)41)12-17-37-16-5-13-31(32,20-37)14-11-25-10-9-23-7-4-15-33-28(23)34-25/h3,6,8-10,18-19,27H,4-5,7,11-17,20H2,1-2H3,(H,33,34)(H,35,39)(H,40,41)/t27-,31+/m0/s1. The first-order chi connectivity index (χ1) is 19.7. The first-order valence-electron chi connectivity index (χ1n) is 14.5. The third kappa shape index (κ3) is 7.11. The molecular weight excluding hydrogens is 523 g/mol. The van der Waals surface area contributed by atoms with Crippen LogP contribution in [-0.2, 0) is 17.6 Å². The Balaban J connectivity index is 1.16. The Morgan fingerprint density at radius 1 is 1.20 bits per heavy atom. The molecule has 9 nitrogen and oxygen atoms in total. The predicted molar refractivity (Wildman–Crippen MR) is 155 cm³/mol. The predicted octanol–water partition coefficient (Wildman–Crippen LogP) is 4.25. The topological polar surface area (TPSA) is 112 Å². The number of halogens is 1. The minimum absolute atomic E-state index is 0.187. The zero-order valence-electron chi connectivity index (χ0n) is 23.8. The molecule has 2 aliphatic heterocycles. The number of nitrogens with one attached hydrogen (secondary N) is 2. The monoisotopic (exact) mass is 562 g/mol. The summed E-state index contributed by atoms with van der Waals surface area (Å²) in [6.45, 7) is 6.09. The summed E-state index contributed by atoms with van der Waals surface area (Å²) >= 11 is 0. The molecule has 0 saturated carbocycles. The number of fused-ring (bicyclic) bond motifs is 1. The number of rotatable bonds is 10. The van der Waals surface area contributed by atoms with Crippen molar-refractivity contribution in [3.8, 4) is 5.69 Å². The zero-order valence-corrected chi connectivity index (χ0v) is 23.8. The molecule has 218 valence electrons. The van der Waals surface area contributed by atoms with Crippen molar-refractivity contribution in [2.75, 3.05) is 31.5 Å². The number of benzene rings is 1. The van der Waals surface area contributed by atoms with Gasteiger partial charge in [-0.2, -0.15) is 5.10 Å². The van der Waals surface area contributed by atoms with Gasteiger partial charge in [-0.05, 0) is 101 Å². The highest BCUT2D eigenvalue weighted by atomic mass is 19.1. The number of hydrogen-bond acceptors (Lipinski definition) is 6. The SMILES string of the molecule is Cc1cc(C)n(-c2cccc(C(=O)N[C@@H](CCN3CCC[C@@](F)(CCc4ccc5c(n4)NCCC5)C3)C(=O)O)c2)n1. The maximum atomic E-state index is 15.9. The van der Waals surface area contributed by atoms with Gasteiger partial charge >= 0.3 is 5.97 Å². The maximum Gasteiger partial charge on any atom is 0.326 e. The number of aryl methyl sites for hydroxylation is 4. The van der Waals surface area contributed by atoms with Crippen molar-refractivity contribution >= 4 is 17.7 Å². The van der Waals surface area contributed by atoms with Crippen LogP contribution in [0.5, 0.6) is 0 Å². The molecule has 10 heteroatoms. The second-order valence-corrected chi connectivity index (χ2v) is 11.4. The molecule has 0 radical (unpaired) electrons. The van der Waals surface area contributed by atoms with Gasteiger partial charge in [0.25, 0.3) is 5.91 Å². The second kappa shape index (κ2) is 12.4. The van der Waals surface area contributed by atoms with Crippen molar-refractivity contribution in [1.82, 2.24) is 25.0 Å². The van der Waals surface area contributed by atoms with Gasteiger partial charge in [0.1, 0.15) is 17.5 Å². The number of nitrogens with zero attached hydrogens (tertiary/aromatic N) is 4. The van der Waals surface area contributed by atoms with Gasteiger partial charge < -0.3 is 20.6 Å². The van der Waals surface area contributed by atoms with Crippen molar-refractivity contribution in [1.29, 1.82) is 0 Å². The summed E-state index contributed by atoms with van der Waals surface area (Å²) in [4.78, 5) is 31.7. The Morgan fingerprint density at radius 2 is 2.05 bits per heavy atom. The van der Waals surface area contributed by atoms with Gasteiger partial charge in [0.15, 0.2) is 0 Å². The van der Waals surface area contributed by atoms with Crippen LogP contribution in [0.4, 0.5) is 10.2 Å². The smallest absolute Gasteiger partial charge is 0.326 e. The van der Waals surface area contributed by atoms with E-state index in [0.717, 1.165) is 48.0 Å². The molecule has 1 saturated heterocycles. The molecule has 4 heterocycles. The molecule has 2 atom stereocenters. The van der Waals surface area contributed by atoms with Crippen LogP contribution in [0.2, 0.25) is 0 Å². The Hall–Kier alpha value is -3.79. The normalized spacial score (nSPS) is 19.7. The number of carbonyl (C=O) groups is 2. The molecule has 3 aromatic rings. The number of alkyl halides is 1. The summed E-state index contributed by atoms with van der Waals surface area (Å²) in [5.41, 5.74) is 3.64. The lowest BCUT2D eigenvalue weighted by molar-refractivity contribution is -0.139. The van der Waals surface area contributed by atoms with E-state index < -0.39 is 23.6 Å². The lowest BCUT2D eigenvalue weighted by Crippen LogP contribution is -2.48. The molecule has 0 unspecified atom stereocenters. The number of piperidine rings is 1. The van der Waals surface area contributed by atoms with E-state index >= 15 is 4.39 Å². The van der Waals surface area contributed by atoms with Crippen LogP contribution in [0.25, 0.3) is 5.69 Å². The molecule has 3 N–H and O–H groups in total. The largest absolute Gasteiger partial charge is 0.480 e. The van der Waals surface area contributed by atoms with Crippen LogP contribution >= 0.6 is 0 Å². The Kier molecular flexibility index (Phi) is 8.68. The van der Waals surface area contributed by atoms with E-state index in [9.17, 15) is 14.7 Å². The first kappa shape index (κ1) is 28.7. The van der Waals surface area contributed by atoms with Crippen molar-refractivity contribution in [2.24, 2.45) is 0 Å². The number of hydrogen-bond donors (Lipinski definition) is 3. The van der Waals surface area contributed by atoms with Gasteiger partial charge in [0.2, 0.25) is 0 Å². The third-order valence-electron chi connectivity index (χ3n) is 8.09. The van der Waals surface area contributed by atoms with E-state index in [4.69, 9.17) is 4.98 Å². The number of aromatic nitrogens is 3. The first-order valence-corrected chi connectivity index (χ1v) is 14.5. The van der Waals surface area contributed by atoms with Crippen molar-refractivity contribution in [3.63, 3.8) is 0 Å². The van der Waals surface area contributed by atoms with Gasteiger partial charge in [-0.3, -0.25) is 4.79 Å². The molecule has 2 aromatic heterocycles. The van der Waals surface area contributed by atoms with Crippen LogP contribution in [0, 0.1) is 13.8 Å². The highest BCUT2D eigenvalue weighted by Gasteiger charge is 2.35. The Bertz CT molecular complexity index is 1410. The summed E-state index contributed by atoms with van der Waals surface area (Å²) in [6.07, 6.45) is 4.43. The van der Waals surface area contributed by atoms with Gasteiger partial charge in [0, 0.05) is 36.6 Å². The number of likely N-dealkylation sites (tertiary alicyclic amines) is 1. The molecular formula is C31H39FN6O3. The molecule has 0 aliphatic carbocycles. The van der Waals surface area contributed by atoms with Crippen LogP contribution in [0.1, 0.15) is 65.1 Å². The van der Waals surface area contributed by atoms with E-state index in [1.54, 1.807) is 22.9 Å². The van der Waals surface area contributed by atoms with E-state index in [1.807, 2.05) is 36.9 Å². The van der Waals surface area contributed by atoms with Crippen LogP contribution in [-0.4, -0.2) is 74.5 Å². The summed E-state index contributed by atoms with van der Waals surface area (Å²) in [5.74, 6) is -0.651. The quantitative estimate of drug-likeness (QED) is 0.339. The third-order valence-corrected chi connectivity index (χ3v) is 8.09. The molecule has 2 aliphatic rings. The molecule has 5 rings (SSSR count). The summed E-state index contributed by atoms with van der Waals surface area (Å²) in [5, 5.41) is 20.3. The summed E-state index contributed by atoms with van der Waals surface area (Å²) < 4.78 is 17.6. The average molecular weight is 563 g/mol. The Labute approximate surface area is 240 Å². The van der Waals surface area contributed by atoms with Crippen LogP contribution in [0.3, 0.4) is 0 Å². The minimum atomic E-state index is -1.35. The van der Waals surface area contributed by atoms with E-state index in [-0.39, 0.29) is 13.0 Å². The lowest BCUT2D eigenvalue weighted by atomic mass is 9.89. The van der Waals surface area contributed by atoms with E-state index in [1.165, 1.54) is 5.56 Å². The van der Waals surface area contributed by atoms with Gasteiger partial charge in [-0.1, -0.05) is 12.1 Å². The molecule has 1 aromatic carbocycles. The number of aliphatic carboxylic acids is 1. The fraction of sp³-hybridized carbons (Fsp3) is 0.484. The van der Waals surface area contributed by atoms with Crippen LogP contribution < -0.4 is 10.6 Å². The fourth-order valence-electron chi connectivity index (χ4n) is 5.91.